The topological polar surface area (TPSA) is 95.9 Å². The van der Waals surface area contributed by atoms with Crippen molar-refractivity contribution < 1.29 is 19.4 Å². The van der Waals surface area contributed by atoms with Crippen molar-refractivity contribution in [3.63, 3.8) is 0 Å². The van der Waals surface area contributed by atoms with Gasteiger partial charge < -0.3 is 24.9 Å². The Bertz CT molecular complexity index is 1160. The number of carbonyl (C=O) groups is 1. The number of anilines is 1. The van der Waals surface area contributed by atoms with Crippen LogP contribution in [0.5, 0.6) is 11.5 Å². The molecule has 1 saturated heterocycles. The number of carboxylic acids is 1. The van der Waals surface area contributed by atoms with E-state index in [1.165, 1.54) is 0 Å². The van der Waals surface area contributed by atoms with Crippen LogP contribution in [0.1, 0.15) is 25.0 Å². The quantitative estimate of drug-likeness (QED) is 0.427. The zero-order chi connectivity index (χ0) is 22.6. The number of aliphatic imine (C=N–C) groups is 1. The summed E-state index contributed by atoms with van der Waals surface area (Å²) < 4.78 is 11.6. The summed E-state index contributed by atoms with van der Waals surface area (Å²) in [7, 11) is 0. The predicted molar refractivity (Wildman–Crippen MR) is 132 cm³/mol. The van der Waals surface area contributed by atoms with E-state index in [0.717, 1.165) is 71.4 Å². The Morgan fingerprint density at radius 2 is 2.00 bits per heavy atom. The predicted octanol–water partition coefficient (Wildman–Crippen LogP) is 5.14. The zero-order valence-electron chi connectivity index (χ0n) is 18.3. The Morgan fingerprint density at radius 3 is 2.79 bits per heavy atom. The number of aliphatic carboxylic acids is 1. The molecule has 0 saturated carbocycles. The van der Waals surface area contributed by atoms with Crippen LogP contribution in [0.25, 0.3) is 10.9 Å². The monoisotopic (exact) mass is 465 g/mol. The van der Waals surface area contributed by atoms with Gasteiger partial charge in [-0.15, -0.1) is 11.8 Å². The molecule has 1 atom stereocenters. The number of benzene rings is 2. The Balaban J connectivity index is 1.44. The fourth-order valence-electron chi connectivity index (χ4n) is 4.23. The summed E-state index contributed by atoms with van der Waals surface area (Å²) in [6.07, 6.45) is 2.18. The van der Waals surface area contributed by atoms with Crippen molar-refractivity contribution in [1.29, 1.82) is 0 Å². The van der Waals surface area contributed by atoms with Gasteiger partial charge in [0.05, 0.1) is 29.4 Å². The van der Waals surface area contributed by atoms with Gasteiger partial charge in [-0.25, -0.2) is 0 Å². The molecule has 0 aliphatic carbocycles. The first-order chi connectivity index (χ1) is 16.1. The maximum Gasteiger partial charge on any atom is 0.305 e. The van der Waals surface area contributed by atoms with E-state index in [1.54, 1.807) is 11.8 Å². The first-order valence-corrected chi connectivity index (χ1v) is 12.3. The molecule has 8 heteroatoms. The molecule has 33 heavy (non-hydrogen) atoms. The van der Waals surface area contributed by atoms with Crippen LogP contribution in [-0.4, -0.2) is 52.7 Å². The molecule has 2 aliphatic rings. The molecule has 0 amide bonds. The van der Waals surface area contributed by atoms with Crippen molar-refractivity contribution in [2.45, 2.75) is 25.3 Å². The minimum atomic E-state index is -0.815. The highest BCUT2D eigenvalue weighted by Crippen LogP contribution is 2.35. The molecular formula is C25H27N3O4S. The molecular weight excluding hydrogens is 438 g/mol. The van der Waals surface area contributed by atoms with E-state index in [1.807, 2.05) is 42.5 Å². The Labute approximate surface area is 196 Å². The molecule has 0 spiro atoms. The average Bonchev–Trinajstić information content (AvgIpc) is 3.45. The molecule has 3 aromatic rings. The highest BCUT2D eigenvalue weighted by Gasteiger charge is 2.23. The van der Waals surface area contributed by atoms with Crippen LogP contribution in [0.3, 0.4) is 0 Å². The van der Waals surface area contributed by atoms with Gasteiger partial charge in [0.1, 0.15) is 16.5 Å². The smallest absolute Gasteiger partial charge is 0.305 e. The van der Waals surface area contributed by atoms with Gasteiger partial charge in [-0.2, -0.15) is 0 Å². The van der Waals surface area contributed by atoms with Crippen molar-refractivity contribution in [3.8, 4) is 11.5 Å². The number of aromatic amines is 1. The minimum absolute atomic E-state index is 0.0592. The van der Waals surface area contributed by atoms with E-state index in [4.69, 9.17) is 14.6 Å². The van der Waals surface area contributed by atoms with E-state index in [-0.39, 0.29) is 12.5 Å². The maximum atomic E-state index is 11.1. The average molecular weight is 466 g/mol. The molecule has 0 radical (unpaired) electrons. The largest absolute Gasteiger partial charge is 0.481 e. The van der Waals surface area contributed by atoms with Crippen LogP contribution in [0.15, 0.2) is 53.5 Å². The van der Waals surface area contributed by atoms with Gasteiger partial charge >= 0.3 is 5.97 Å². The number of carboxylic acid groups (broad SMARTS) is 1. The summed E-state index contributed by atoms with van der Waals surface area (Å²) in [5, 5.41) is 14.6. The number of ether oxygens (including phenoxy) is 2. The molecule has 2 aliphatic heterocycles. The van der Waals surface area contributed by atoms with Gasteiger partial charge in [0, 0.05) is 37.0 Å². The van der Waals surface area contributed by atoms with Gasteiger partial charge in [-0.05, 0) is 43.0 Å². The number of hydrogen-bond donors (Lipinski definition) is 3. The van der Waals surface area contributed by atoms with Gasteiger partial charge in [-0.3, -0.25) is 9.79 Å². The normalized spacial score (nSPS) is 18.9. The van der Waals surface area contributed by atoms with Crippen molar-refractivity contribution in [1.82, 2.24) is 4.98 Å². The lowest BCUT2D eigenvalue weighted by Crippen LogP contribution is -2.22. The van der Waals surface area contributed by atoms with Gasteiger partial charge in [0.25, 0.3) is 0 Å². The fraction of sp³-hybridized carbons (Fsp3) is 0.360. The number of hydrogen-bond acceptors (Lipinski definition) is 6. The van der Waals surface area contributed by atoms with E-state index >= 15 is 0 Å². The molecule has 5 rings (SSSR count). The number of H-pyrrole nitrogens is 1. The van der Waals surface area contributed by atoms with E-state index in [9.17, 15) is 4.79 Å². The Hall–Kier alpha value is -2.97. The summed E-state index contributed by atoms with van der Waals surface area (Å²) >= 11 is 1.60. The van der Waals surface area contributed by atoms with Crippen LogP contribution in [0, 0.1) is 5.92 Å². The maximum absolute atomic E-state index is 11.1. The Morgan fingerprint density at radius 1 is 1.18 bits per heavy atom. The van der Waals surface area contributed by atoms with Gasteiger partial charge in [0.15, 0.2) is 0 Å². The first-order valence-electron chi connectivity index (χ1n) is 11.3. The van der Waals surface area contributed by atoms with Crippen molar-refractivity contribution in [2.24, 2.45) is 10.9 Å². The SMILES string of the molecule is O=C(O)C[C@@H]1CSC(c2cc3cc(Oc4ccccc4)cc(NCC4CCOCC4)c3[nH]2)=N1. The number of aromatic nitrogens is 1. The molecule has 1 aromatic heterocycles. The third-order valence-corrected chi connectivity index (χ3v) is 7.11. The second-order valence-electron chi connectivity index (χ2n) is 8.47. The summed E-state index contributed by atoms with van der Waals surface area (Å²) in [5.74, 6) is 2.00. The molecule has 7 nitrogen and oxygen atoms in total. The minimum Gasteiger partial charge on any atom is -0.481 e. The summed E-state index contributed by atoms with van der Waals surface area (Å²) in [5.41, 5.74) is 2.90. The lowest BCUT2D eigenvalue weighted by atomic mass is 10.0. The molecule has 3 N–H and O–H groups in total. The van der Waals surface area contributed by atoms with Crippen LogP contribution in [0.4, 0.5) is 5.69 Å². The molecule has 2 aromatic carbocycles. The van der Waals surface area contributed by atoms with E-state index < -0.39 is 5.97 Å². The Kier molecular flexibility index (Phi) is 6.55. The third-order valence-electron chi connectivity index (χ3n) is 5.96. The lowest BCUT2D eigenvalue weighted by Gasteiger charge is -2.23. The highest BCUT2D eigenvalue weighted by atomic mass is 32.2. The number of para-hydroxylation sites is 1. The number of rotatable bonds is 8. The van der Waals surface area contributed by atoms with Crippen LogP contribution in [0.2, 0.25) is 0 Å². The molecule has 0 bridgehead atoms. The molecule has 1 fully saturated rings. The summed E-state index contributed by atoms with van der Waals surface area (Å²) in [4.78, 5) is 19.2. The number of nitrogens with zero attached hydrogens (tertiary/aromatic N) is 1. The number of thioether (sulfide) groups is 1. The van der Waals surface area contributed by atoms with E-state index in [0.29, 0.717) is 11.7 Å². The second kappa shape index (κ2) is 9.89. The number of fused-ring (bicyclic) bond motifs is 1. The fourth-order valence-corrected chi connectivity index (χ4v) is 5.26. The van der Waals surface area contributed by atoms with Crippen LogP contribution in [-0.2, 0) is 9.53 Å². The number of nitrogens with one attached hydrogen (secondary N) is 2. The van der Waals surface area contributed by atoms with Crippen molar-refractivity contribution in [3.05, 3.63) is 54.2 Å². The van der Waals surface area contributed by atoms with Crippen LogP contribution < -0.4 is 10.1 Å². The lowest BCUT2D eigenvalue weighted by molar-refractivity contribution is -0.137. The van der Waals surface area contributed by atoms with Crippen molar-refractivity contribution >= 4 is 39.4 Å². The molecule has 3 heterocycles. The van der Waals surface area contributed by atoms with E-state index in [2.05, 4.69) is 21.4 Å². The van der Waals surface area contributed by atoms with Gasteiger partial charge in [-0.1, -0.05) is 18.2 Å². The standard InChI is InChI=1S/C25H27N3O4S/c29-23(30)12-18-15-33-25(27-18)22-11-17-10-20(32-19-4-2-1-3-5-19)13-21(24(17)28-22)26-14-16-6-8-31-9-7-16/h1-5,10-11,13,16,18,26,28H,6-9,12,14-15H2,(H,29,30)/t18-/m1/s1. The summed E-state index contributed by atoms with van der Waals surface area (Å²) in [6, 6.07) is 15.7. The second-order valence-corrected chi connectivity index (χ2v) is 9.48. The van der Waals surface area contributed by atoms with Crippen molar-refractivity contribution in [2.75, 3.05) is 30.8 Å². The third kappa shape index (κ3) is 5.34. The first kappa shape index (κ1) is 21.9. The summed E-state index contributed by atoms with van der Waals surface area (Å²) in [6.45, 7) is 2.51. The van der Waals surface area contributed by atoms with Gasteiger partial charge in [0.2, 0.25) is 0 Å². The van der Waals surface area contributed by atoms with Crippen LogP contribution >= 0.6 is 11.8 Å². The zero-order valence-corrected chi connectivity index (χ0v) is 19.1. The highest BCUT2D eigenvalue weighted by molar-refractivity contribution is 8.14. The molecule has 0 unspecified atom stereocenters. The molecule has 172 valence electrons.